The van der Waals surface area contributed by atoms with Crippen LogP contribution in [0.5, 0.6) is 0 Å². The number of imidazole rings is 1. The number of nitrogens with one attached hydrogen (secondary N) is 1. The van der Waals surface area contributed by atoms with Gasteiger partial charge in [0.15, 0.2) is 0 Å². The van der Waals surface area contributed by atoms with Gasteiger partial charge in [0.05, 0.1) is 11.0 Å². The fourth-order valence-corrected chi connectivity index (χ4v) is 5.65. The molecule has 33 heavy (non-hydrogen) atoms. The fraction of sp³-hybridized carbons (Fsp3) is 0.286. The lowest BCUT2D eigenvalue weighted by atomic mass is 9.74. The number of nitrogens with zero attached hydrogens (tertiary/aromatic N) is 2. The quantitative estimate of drug-likeness (QED) is 0.174. The summed E-state index contributed by atoms with van der Waals surface area (Å²) in [4.78, 5) is 5.16. The summed E-state index contributed by atoms with van der Waals surface area (Å²) in [6.45, 7) is 2.02. The third-order valence-electron chi connectivity index (χ3n) is 7.01. The Morgan fingerprint density at radius 2 is 1.73 bits per heavy atom. The molecule has 3 aromatic carbocycles. The first-order chi connectivity index (χ1) is 16.3. The number of para-hydroxylation sites is 2. The number of hydrogen-bond donors (Lipinski definition) is 1. The molecule has 1 N–H and O–H groups in total. The summed E-state index contributed by atoms with van der Waals surface area (Å²) in [6.07, 6.45) is 3.49. The van der Waals surface area contributed by atoms with Crippen molar-refractivity contribution in [3.63, 3.8) is 0 Å². The van der Waals surface area contributed by atoms with Gasteiger partial charge in [0, 0.05) is 21.9 Å². The molecule has 0 saturated carbocycles. The first-order valence-corrected chi connectivity index (χ1v) is 13.3. The lowest BCUT2D eigenvalue weighted by Gasteiger charge is -2.38. The highest BCUT2D eigenvalue weighted by Gasteiger charge is 2.37. The van der Waals surface area contributed by atoms with Crippen LogP contribution in [0.4, 0.5) is 0 Å². The van der Waals surface area contributed by atoms with Crippen LogP contribution in [0.3, 0.4) is 0 Å². The van der Waals surface area contributed by atoms with Crippen molar-refractivity contribution in [2.75, 3.05) is 6.54 Å². The second-order valence-electron chi connectivity index (χ2n) is 8.94. The molecule has 1 fully saturated rings. The third-order valence-corrected chi connectivity index (χ3v) is 7.01. The van der Waals surface area contributed by atoms with Crippen LogP contribution in [-0.2, 0) is 13.0 Å². The number of aromatic nitrogens is 2. The molecule has 6 rings (SSSR count). The van der Waals surface area contributed by atoms with E-state index < -0.39 is 0 Å². The maximum absolute atomic E-state index is 5.16. The minimum Gasteiger partial charge on any atom is -0.323 e. The van der Waals surface area contributed by atoms with E-state index in [4.69, 9.17) is 4.98 Å². The zero-order valence-electron chi connectivity index (χ0n) is 18.5. The van der Waals surface area contributed by atoms with Crippen LogP contribution in [0.2, 0.25) is 0 Å². The lowest BCUT2D eigenvalue weighted by molar-refractivity contribution is 0.268. The van der Waals surface area contributed by atoms with Crippen molar-refractivity contribution < 1.29 is 0 Å². The first-order valence-electron chi connectivity index (χ1n) is 11.6. The smallest absolute Gasteiger partial charge is 0.118 e. The normalized spacial score (nSPS) is 21.4. The van der Waals surface area contributed by atoms with Crippen LogP contribution in [0.25, 0.3) is 11.0 Å². The van der Waals surface area contributed by atoms with Gasteiger partial charge in [0.1, 0.15) is 5.82 Å². The van der Waals surface area contributed by atoms with Gasteiger partial charge in [-0.05, 0) is 83.1 Å². The Kier molecular flexibility index (Phi) is 7.19. The zero-order chi connectivity index (χ0) is 22.6. The van der Waals surface area contributed by atoms with Gasteiger partial charge < -0.3 is 9.88 Å². The topological polar surface area (TPSA) is 29.9 Å². The minimum atomic E-state index is 0.378. The number of thiocarbonyl (C=S) groups is 1. The van der Waals surface area contributed by atoms with Crippen LogP contribution < -0.4 is 5.32 Å². The van der Waals surface area contributed by atoms with Gasteiger partial charge in [-0.2, -0.15) is 0 Å². The molecule has 2 aliphatic heterocycles. The molecule has 3 unspecified atom stereocenters. The van der Waals surface area contributed by atoms with Crippen molar-refractivity contribution in [2.45, 2.75) is 37.8 Å². The molecular weight excluding hydrogens is 537 g/mol. The van der Waals surface area contributed by atoms with Gasteiger partial charge in [-0.3, -0.25) is 0 Å². The number of halogens is 1. The Bertz CT molecular complexity index is 1240. The van der Waals surface area contributed by atoms with Crippen molar-refractivity contribution in [2.24, 2.45) is 5.92 Å². The second kappa shape index (κ2) is 10.5. The molecular formula is C28H28IN3S. The summed E-state index contributed by atoms with van der Waals surface area (Å²) in [5.74, 6) is 2.25. The molecule has 0 radical (unpaired) electrons. The highest BCUT2D eigenvalue weighted by Crippen LogP contribution is 2.43. The van der Waals surface area contributed by atoms with Crippen LogP contribution in [0.1, 0.15) is 41.3 Å². The SMILES string of the molecule is S=CI.c1ccc(CC2CC(C3c4ccccc4Cn4c3nc3ccccc34)CCN2)cc1. The van der Waals surface area contributed by atoms with E-state index in [1.165, 1.54) is 40.9 Å². The van der Waals surface area contributed by atoms with E-state index in [1.807, 2.05) is 22.6 Å². The number of fused-ring (bicyclic) bond motifs is 4. The van der Waals surface area contributed by atoms with Gasteiger partial charge in [0.2, 0.25) is 0 Å². The van der Waals surface area contributed by atoms with Crippen LogP contribution >= 0.6 is 34.8 Å². The summed E-state index contributed by atoms with van der Waals surface area (Å²) < 4.78 is 4.02. The monoisotopic (exact) mass is 565 g/mol. The predicted molar refractivity (Wildman–Crippen MR) is 149 cm³/mol. The first kappa shape index (κ1) is 22.7. The predicted octanol–water partition coefficient (Wildman–Crippen LogP) is 6.52. The Hall–Kier alpha value is -2.09. The van der Waals surface area contributed by atoms with E-state index >= 15 is 0 Å². The van der Waals surface area contributed by atoms with Crippen molar-refractivity contribution in [3.8, 4) is 0 Å². The number of piperidine rings is 1. The maximum Gasteiger partial charge on any atom is 0.118 e. The summed E-state index contributed by atoms with van der Waals surface area (Å²) in [6, 6.07) is 29.1. The number of rotatable bonds is 3. The summed E-state index contributed by atoms with van der Waals surface area (Å²) in [7, 11) is 0. The Balaban J connectivity index is 0.000000724. The summed E-state index contributed by atoms with van der Waals surface area (Å²) in [5, 5.41) is 3.78. The standard InChI is InChI=1S/C27H27N3.CHIS/c1-2-8-19(9-3-1)16-22-17-20(14-15-28-22)26-23-11-5-4-10-21(23)18-30-25-13-7-6-12-24(25)29-27(26)30;2-1-3/h1-13,20,22,26,28H,14-18H2;1H. The van der Waals surface area contributed by atoms with E-state index in [9.17, 15) is 0 Å². The average molecular weight is 566 g/mol. The molecule has 0 bridgehead atoms. The van der Waals surface area contributed by atoms with Gasteiger partial charge in [-0.15, -0.1) is 0 Å². The van der Waals surface area contributed by atoms with Gasteiger partial charge >= 0.3 is 0 Å². The van der Waals surface area contributed by atoms with Gasteiger partial charge in [0.25, 0.3) is 0 Å². The fourth-order valence-electron chi connectivity index (χ4n) is 5.65. The molecule has 2 aliphatic rings. The summed E-state index contributed by atoms with van der Waals surface area (Å²) in [5.41, 5.74) is 6.76. The van der Waals surface area contributed by atoms with Crippen LogP contribution in [0, 0.1) is 5.92 Å². The van der Waals surface area contributed by atoms with E-state index in [0.717, 1.165) is 25.0 Å². The Labute approximate surface area is 214 Å². The molecule has 1 saturated heterocycles. The van der Waals surface area contributed by atoms with Crippen molar-refractivity contribution in [3.05, 3.63) is 101 Å². The van der Waals surface area contributed by atoms with E-state index in [1.54, 1.807) is 3.37 Å². The molecule has 3 nitrogen and oxygen atoms in total. The molecule has 5 heteroatoms. The van der Waals surface area contributed by atoms with Crippen molar-refractivity contribution in [1.82, 2.24) is 14.9 Å². The minimum absolute atomic E-state index is 0.378. The lowest BCUT2D eigenvalue weighted by Crippen LogP contribution is -2.42. The molecule has 3 atom stereocenters. The molecule has 3 heterocycles. The van der Waals surface area contributed by atoms with Crippen LogP contribution in [0.15, 0.2) is 78.9 Å². The molecule has 168 valence electrons. The Morgan fingerprint density at radius 1 is 1.00 bits per heavy atom. The summed E-state index contributed by atoms with van der Waals surface area (Å²) >= 11 is 6.23. The molecule has 0 amide bonds. The molecule has 4 aromatic rings. The largest absolute Gasteiger partial charge is 0.323 e. The maximum atomic E-state index is 5.16. The van der Waals surface area contributed by atoms with Crippen LogP contribution in [-0.4, -0.2) is 25.5 Å². The van der Waals surface area contributed by atoms with Crippen molar-refractivity contribution >= 4 is 49.2 Å². The van der Waals surface area contributed by atoms with Gasteiger partial charge in [-0.1, -0.05) is 78.9 Å². The van der Waals surface area contributed by atoms with E-state index in [0.29, 0.717) is 17.9 Å². The molecule has 0 aliphatic carbocycles. The molecule has 1 aromatic heterocycles. The second-order valence-corrected chi connectivity index (χ2v) is 10.6. The molecule has 0 spiro atoms. The average Bonchev–Trinajstić information content (AvgIpc) is 3.22. The number of benzene rings is 3. The highest BCUT2D eigenvalue weighted by atomic mass is 127. The Morgan fingerprint density at radius 3 is 2.58 bits per heavy atom. The van der Waals surface area contributed by atoms with E-state index in [-0.39, 0.29) is 0 Å². The number of hydrogen-bond acceptors (Lipinski definition) is 3. The van der Waals surface area contributed by atoms with E-state index in [2.05, 4.69) is 101 Å². The highest BCUT2D eigenvalue weighted by molar-refractivity contribution is 14.1. The van der Waals surface area contributed by atoms with Gasteiger partial charge in [-0.25, -0.2) is 4.98 Å². The zero-order valence-corrected chi connectivity index (χ0v) is 21.5. The van der Waals surface area contributed by atoms with Crippen molar-refractivity contribution in [1.29, 1.82) is 0 Å². The third kappa shape index (κ3) is 4.77.